The van der Waals surface area contributed by atoms with Crippen LogP contribution in [-0.4, -0.2) is 26.4 Å². The zero-order chi connectivity index (χ0) is 13.0. The lowest BCUT2D eigenvalue weighted by atomic mass is 10.1. The Labute approximate surface area is 106 Å². The number of ether oxygens (including phenoxy) is 1. The van der Waals surface area contributed by atoms with Gasteiger partial charge in [-0.15, -0.1) is 0 Å². The van der Waals surface area contributed by atoms with E-state index in [1.54, 1.807) is 7.11 Å². The van der Waals surface area contributed by atoms with E-state index in [1.807, 2.05) is 18.2 Å². The maximum Gasteiger partial charge on any atom is 0.315 e. The van der Waals surface area contributed by atoms with Crippen LogP contribution in [0.1, 0.15) is 23.6 Å². The Balaban J connectivity index is 2.05. The van der Waals surface area contributed by atoms with Gasteiger partial charge in [-0.1, -0.05) is 12.1 Å². The number of nitrogens with one attached hydrogen (secondary N) is 2. The van der Waals surface area contributed by atoms with Crippen molar-refractivity contribution in [2.75, 3.05) is 20.3 Å². The second kappa shape index (κ2) is 5.71. The molecule has 5 heteroatoms. The van der Waals surface area contributed by atoms with Crippen molar-refractivity contribution in [2.45, 2.75) is 18.9 Å². The van der Waals surface area contributed by atoms with Gasteiger partial charge >= 0.3 is 6.03 Å². The highest BCUT2D eigenvalue weighted by Gasteiger charge is 2.26. The van der Waals surface area contributed by atoms with Crippen LogP contribution in [0.25, 0.3) is 0 Å². The summed E-state index contributed by atoms with van der Waals surface area (Å²) < 4.78 is 17.2. The van der Waals surface area contributed by atoms with Crippen LogP contribution in [0.15, 0.2) is 18.2 Å². The number of amides is 2. The number of benzene rings is 1. The zero-order valence-corrected chi connectivity index (χ0v) is 10.3. The number of halogens is 1. The van der Waals surface area contributed by atoms with E-state index >= 15 is 0 Å². The molecule has 0 radical (unpaired) electrons. The van der Waals surface area contributed by atoms with E-state index in [0.717, 1.165) is 29.7 Å². The molecule has 0 fully saturated rings. The van der Waals surface area contributed by atoms with Crippen LogP contribution < -0.4 is 15.4 Å². The summed E-state index contributed by atoms with van der Waals surface area (Å²) in [6.07, 6.45) is 1.73. The van der Waals surface area contributed by atoms with E-state index in [0.29, 0.717) is 0 Å². The number of urea groups is 1. The minimum absolute atomic E-state index is 0.0188. The van der Waals surface area contributed by atoms with Crippen molar-refractivity contribution in [1.82, 2.24) is 10.6 Å². The summed E-state index contributed by atoms with van der Waals surface area (Å²) in [6, 6.07) is 5.48. The fraction of sp³-hybridized carbons (Fsp3) is 0.462. The quantitative estimate of drug-likeness (QED) is 0.860. The van der Waals surface area contributed by atoms with Gasteiger partial charge in [0.25, 0.3) is 0 Å². The smallest absolute Gasteiger partial charge is 0.315 e. The highest BCUT2D eigenvalue weighted by Crippen LogP contribution is 2.36. The van der Waals surface area contributed by atoms with Gasteiger partial charge in [0.15, 0.2) is 0 Å². The number of alkyl halides is 1. The molecular weight excluding hydrogens is 235 g/mol. The second-order valence-corrected chi connectivity index (χ2v) is 4.21. The zero-order valence-electron chi connectivity index (χ0n) is 10.3. The first kappa shape index (κ1) is 12.7. The molecule has 2 rings (SSSR count). The van der Waals surface area contributed by atoms with Crippen molar-refractivity contribution in [1.29, 1.82) is 0 Å². The number of hydrogen-bond donors (Lipinski definition) is 2. The van der Waals surface area contributed by atoms with Gasteiger partial charge in [0.05, 0.1) is 13.2 Å². The molecule has 18 heavy (non-hydrogen) atoms. The van der Waals surface area contributed by atoms with Crippen molar-refractivity contribution < 1.29 is 13.9 Å². The fourth-order valence-electron chi connectivity index (χ4n) is 2.33. The fourth-order valence-corrected chi connectivity index (χ4v) is 2.33. The van der Waals surface area contributed by atoms with Crippen LogP contribution in [0, 0.1) is 0 Å². The minimum Gasteiger partial charge on any atom is -0.496 e. The van der Waals surface area contributed by atoms with Crippen molar-refractivity contribution in [3.05, 3.63) is 29.3 Å². The molecule has 98 valence electrons. The summed E-state index contributed by atoms with van der Waals surface area (Å²) in [5.41, 5.74) is 2.24. The Morgan fingerprint density at radius 3 is 3.11 bits per heavy atom. The van der Waals surface area contributed by atoms with Gasteiger partial charge in [-0.2, -0.15) is 0 Å². The molecule has 1 aromatic rings. The van der Waals surface area contributed by atoms with Crippen molar-refractivity contribution in [3.8, 4) is 5.75 Å². The topological polar surface area (TPSA) is 50.4 Å². The molecule has 0 aliphatic heterocycles. The van der Waals surface area contributed by atoms with Gasteiger partial charge in [-0.05, 0) is 30.0 Å². The third-order valence-corrected chi connectivity index (χ3v) is 3.13. The first-order valence-electron chi connectivity index (χ1n) is 6.02. The van der Waals surface area contributed by atoms with Crippen LogP contribution in [0.2, 0.25) is 0 Å². The first-order chi connectivity index (χ1) is 8.76. The normalized spacial score (nSPS) is 17.1. The largest absolute Gasteiger partial charge is 0.496 e. The first-order valence-corrected chi connectivity index (χ1v) is 6.02. The second-order valence-electron chi connectivity index (χ2n) is 4.21. The Hall–Kier alpha value is -1.78. The Morgan fingerprint density at radius 1 is 1.56 bits per heavy atom. The Morgan fingerprint density at radius 2 is 2.39 bits per heavy atom. The molecule has 1 atom stereocenters. The standard InChI is InChI=1S/C13H17FN2O2/c1-18-12-4-2-3-9-10(12)5-6-11(9)16-13(17)15-8-7-14/h2-4,11H,5-8H2,1H3,(H2,15,16,17). The number of fused-ring (bicyclic) bond motifs is 1. The van der Waals surface area contributed by atoms with Crippen molar-refractivity contribution in [3.63, 3.8) is 0 Å². The molecule has 4 nitrogen and oxygen atoms in total. The maximum atomic E-state index is 11.9. The van der Waals surface area contributed by atoms with Crippen LogP contribution >= 0.6 is 0 Å². The third kappa shape index (κ3) is 2.55. The average Bonchev–Trinajstić information content (AvgIpc) is 2.79. The Bertz CT molecular complexity index is 437. The number of carbonyl (C=O) groups is 1. The molecule has 2 amide bonds. The lowest BCUT2D eigenvalue weighted by Crippen LogP contribution is -2.38. The molecule has 1 unspecified atom stereocenters. The van der Waals surface area contributed by atoms with Gasteiger partial charge in [0, 0.05) is 6.54 Å². The molecule has 0 aromatic heterocycles. The SMILES string of the molecule is COc1cccc2c1CCC2NC(=O)NCCF. The van der Waals surface area contributed by atoms with Gasteiger partial charge in [0.1, 0.15) is 12.4 Å². The highest BCUT2D eigenvalue weighted by molar-refractivity contribution is 5.74. The van der Waals surface area contributed by atoms with Crippen molar-refractivity contribution >= 4 is 6.03 Å². The Kier molecular flexibility index (Phi) is 4.02. The third-order valence-electron chi connectivity index (χ3n) is 3.13. The molecule has 0 saturated heterocycles. The summed E-state index contributed by atoms with van der Waals surface area (Å²) in [6.45, 7) is -0.508. The number of methoxy groups -OCH3 is 1. The molecule has 1 aromatic carbocycles. The summed E-state index contributed by atoms with van der Waals surface area (Å²) in [5.74, 6) is 0.862. The molecule has 0 spiro atoms. The van der Waals surface area contributed by atoms with E-state index < -0.39 is 6.67 Å². The summed E-state index contributed by atoms with van der Waals surface area (Å²) in [5, 5.41) is 5.31. The lowest BCUT2D eigenvalue weighted by molar-refractivity contribution is 0.236. The van der Waals surface area contributed by atoms with E-state index in [1.165, 1.54) is 0 Å². The number of carbonyl (C=O) groups excluding carboxylic acids is 1. The van der Waals surface area contributed by atoms with Gasteiger partial charge < -0.3 is 15.4 Å². The number of hydrogen-bond acceptors (Lipinski definition) is 2. The predicted molar refractivity (Wildman–Crippen MR) is 66.6 cm³/mol. The molecule has 0 saturated carbocycles. The van der Waals surface area contributed by atoms with E-state index in [4.69, 9.17) is 4.74 Å². The average molecular weight is 252 g/mol. The molecule has 2 N–H and O–H groups in total. The lowest BCUT2D eigenvalue weighted by Gasteiger charge is -2.15. The monoisotopic (exact) mass is 252 g/mol. The summed E-state index contributed by atoms with van der Waals surface area (Å²) >= 11 is 0. The van der Waals surface area contributed by atoms with Crippen LogP contribution in [0.3, 0.4) is 0 Å². The molecular formula is C13H17FN2O2. The summed E-state index contributed by atoms with van der Waals surface area (Å²) in [4.78, 5) is 11.5. The van der Waals surface area contributed by atoms with Gasteiger partial charge in [-0.3, -0.25) is 0 Å². The van der Waals surface area contributed by atoms with Gasteiger partial charge in [-0.25, -0.2) is 9.18 Å². The minimum atomic E-state index is -0.553. The van der Waals surface area contributed by atoms with Crippen LogP contribution in [-0.2, 0) is 6.42 Å². The molecule has 0 bridgehead atoms. The van der Waals surface area contributed by atoms with Crippen LogP contribution in [0.5, 0.6) is 5.75 Å². The number of rotatable bonds is 4. The van der Waals surface area contributed by atoms with E-state index in [-0.39, 0.29) is 18.6 Å². The molecule has 1 aliphatic rings. The van der Waals surface area contributed by atoms with Crippen molar-refractivity contribution in [2.24, 2.45) is 0 Å². The summed E-state index contributed by atoms with van der Waals surface area (Å²) in [7, 11) is 1.64. The predicted octanol–water partition coefficient (Wildman–Crippen LogP) is 1.95. The van der Waals surface area contributed by atoms with Gasteiger partial charge in [0.2, 0.25) is 0 Å². The molecule has 0 heterocycles. The molecule has 1 aliphatic carbocycles. The highest BCUT2D eigenvalue weighted by atomic mass is 19.1. The van der Waals surface area contributed by atoms with E-state index in [9.17, 15) is 9.18 Å². The maximum absolute atomic E-state index is 11.9. The van der Waals surface area contributed by atoms with Crippen LogP contribution in [0.4, 0.5) is 9.18 Å². The van der Waals surface area contributed by atoms with E-state index in [2.05, 4.69) is 10.6 Å².